The molecule has 1 aromatic carbocycles. The standard InChI is InChI=1S/C22H23N3O4/c26-20(27)16-6-8-18(23-14-16)24-12-10-22(11-13-24)21(28)25-17(7-9-19(25)29-22)15-4-2-1-3-5-15/h1-6,8,14,17,19H,7,9-13H2,(H,26,27)/t17-,19+/m0/s1. The van der Waals surface area contributed by atoms with E-state index in [1.165, 1.54) is 11.8 Å². The van der Waals surface area contributed by atoms with Gasteiger partial charge in [-0.2, -0.15) is 0 Å². The van der Waals surface area contributed by atoms with Crippen LogP contribution in [0.5, 0.6) is 0 Å². The van der Waals surface area contributed by atoms with Crippen LogP contribution in [-0.4, -0.2) is 51.8 Å². The molecule has 150 valence electrons. The lowest BCUT2D eigenvalue weighted by molar-refractivity contribution is -0.140. The molecule has 2 atom stereocenters. The zero-order valence-electron chi connectivity index (χ0n) is 16.0. The summed E-state index contributed by atoms with van der Waals surface area (Å²) >= 11 is 0. The van der Waals surface area contributed by atoms with E-state index in [2.05, 4.69) is 22.0 Å². The number of amides is 1. The summed E-state index contributed by atoms with van der Waals surface area (Å²) in [5.74, 6) is -0.138. The van der Waals surface area contributed by atoms with Gasteiger partial charge in [0, 0.05) is 32.1 Å². The minimum atomic E-state index is -0.986. The quantitative estimate of drug-likeness (QED) is 0.863. The van der Waals surface area contributed by atoms with Gasteiger partial charge in [-0.3, -0.25) is 4.79 Å². The van der Waals surface area contributed by atoms with E-state index < -0.39 is 11.6 Å². The summed E-state index contributed by atoms with van der Waals surface area (Å²) in [6.45, 7) is 1.31. The number of aromatic nitrogens is 1. The molecule has 0 aliphatic carbocycles. The number of carboxylic acid groups (broad SMARTS) is 1. The summed E-state index contributed by atoms with van der Waals surface area (Å²) in [6, 6.07) is 13.6. The van der Waals surface area contributed by atoms with Crippen LogP contribution in [0.1, 0.15) is 47.6 Å². The highest BCUT2D eigenvalue weighted by molar-refractivity contribution is 5.88. The van der Waals surface area contributed by atoms with Crippen molar-refractivity contribution in [1.29, 1.82) is 0 Å². The smallest absolute Gasteiger partial charge is 0.337 e. The summed E-state index contributed by atoms with van der Waals surface area (Å²) in [6.07, 6.45) is 4.27. The van der Waals surface area contributed by atoms with Crippen molar-refractivity contribution < 1.29 is 19.4 Å². The normalized spacial score (nSPS) is 25.4. The maximum absolute atomic E-state index is 13.4. The van der Waals surface area contributed by atoms with Crippen LogP contribution in [0.2, 0.25) is 0 Å². The molecule has 1 amide bonds. The summed E-state index contributed by atoms with van der Waals surface area (Å²) < 4.78 is 6.36. The first-order chi connectivity index (χ1) is 14.1. The van der Waals surface area contributed by atoms with Crippen molar-refractivity contribution >= 4 is 17.7 Å². The summed E-state index contributed by atoms with van der Waals surface area (Å²) in [7, 11) is 0. The minimum absolute atomic E-state index is 0.0938. The molecule has 29 heavy (non-hydrogen) atoms. The monoisotopic (exact) mass is 393 g/mol. The van der Waals surface area contributed by atoms with Crippen molar-refractivity contribution in [3.8, 4) is 0 Å². The van der Waals surface area contributed by atoms with Gasteiger partial charge in [0.05, 0.1) is 11.6 Å². The molecule has 2 aromatic rings. The van der Waals surface area contributed by atoms with E-state index in [-0.39, 0.29) is 23.7 Å². The van der Waals surface area contributed by atoms with Gasteiger partial charge in [-0.25, -0.2) is 9.78 Å². The van der Waals surface area contributed by atoms with Crippen LogP contribution in [0.3, 0.4) is 0 Å². The van der Waals surface area contributed by atoms with Gasteiger partial charge in [0.1, 0.15) is 12.0 Å². The lowest BCUT2D eigenvalue weighted by Crippen LogP contribution is -2.50. The van der Waals surface area contributed by atoms with E-state index in [1.807, 2.05) is 23.1 Å². The molecule has 5 rings (SSSR count). The molecule has 7 nitrogen and oxygen atoms in total. The Morgan fingerprint density at radius 3 is 2.52 bits per heavy atom. The van der Waals surface area contributed by atoms with Crippen molar-refractivity contribution in [2.24, 2.45) is 0 Å². The number of rotatable bonds is 3. The van der Waals surface area contributed by atoms with Crippen LogP contribution in [-0.2, 0) is 9.53 Å². The first-order valence-electron chi connectivity index (χ1n) is 10.1. The second-order valence-corrected chi connectivity index (χ2v) is 7.98. The molecule has 1 aromatic heterocycles. The van der Waals surface area contributed by atoms with Crippen molar-refractivity contribution in [3.63, 3.8) is 0 Å². The zero-order chi connectivity index (χ0) is 20.0. The predicted octanol–water partition coefficient (Wildman–Crippen LogP) is 2.84. The number of fused-ring (bicyclic) bond motifs is 1. The van der Waals surface area contributed by atoms with E-state index in [0.717, 1.165) is 18.7 Å². The van der Waals surface area contributed by atoms with Gasteiger partial charge in [-0.15, -0.1) is 0 Å². The Kier molecular flexibility index (Phi) is 4.28. The topological polar surface area (TPSA) is 83.0 Å². The summed E-state index contributed by atoms with van der Waals surface area (Å²) in [5.41, 5.74) is 0.601. The van der Waals surface area contributed by atoms with Crippen LogP contribution in [0.15, 0.2) is 48.7 Å². The second kappa shape index (κ2) is 6.84. The molecule has 0 unspecified atom stereocenters. The average molecular weight is 393 g/mol. The number of piperidine rings is 1. The second-order valence-electron chi connectivity index (χ2n) is 7.98. The van der Waals surface area contributed by atoms with E-state index in [1.54, 1.807) is 12.1 Å². The van der Waals surface area contributed by atoms with Crippen LogP contribution in [0.25, 0.3) is 0 Å². The zero-order valence-corrected chi connectivity index (χ0v) is 16.0. The average Bonchev–Trinajstić information content (AvgIpc) is 3.28. The number of pyridine rings is 1. The van der Waals surface area contributed by atoms with Gasteiger partial charge in [0.2, 0.25) is 0 Å². The largest absolute Gasteiger partial charge is 0.478 e. The first kappa shape index (κ1) is 18.1. The molecule has 1 spiro atoms. The molecule has 4 heterocycles. The first-order valence-corrected chi connectivity index (χ1v) is 10.1. The molecule has 3 aliphatic heterocycles. The van der Waals surface area contributed by atoms with E-state index >= 15 is 0 Å². The maximum atomic E-state index is 13.4. The molecule has 3 saturated heterocycles. The molecular weight excluding hydrogens is 370 g/mol. The highest BCUT2D eigenvalue weighted by atomic mass is 16.6. The SMILES string of the molecule is O=C(O)c1ccc(N2CCC3(CC2)O[C@@H]2CC[C@@H](c4ccccc4)N2C3=O)nc1. The van der Waals surface area contributed by atoms with E-state index in [4.69, 9.17) is 9.84 Å². The van der Waals surface area contributed by atoms with Crippen LogP contribution in [0.4, 0.5) is 5.82 Å². The molecule has 7 heteroatoms. The third-order valence-corrected chi connectivity index (χ3v) is 6.39. The van der Waals surface area contributed by atoms with Gasteiger partial charge < -0.3 is 19.6 Å². The number of ether oxygens (including phenoxy) is 1. The van der Waals surface area contributed by atoms with Gasteiger partial charge in [0.15, 0.2) is 5.60 Å². The Labute approximate surface area is 168 Å². The van der Waals surface area contributed by atoms with Crippen molar-refractivity contribution in [3.05, 3.63) is 59.8 Å². The molecule has 0 radical (unpaired) electrons. The number of carboxylic acids is 1. The Morgan fingerprint density at radius 1 is 1.10 bits per heavy atom. The Bertz CT molecular complexity index is 923. The van der Waals surface area contributed by atoms with Gasteiger partial charge >= 0.3 is 5.97 Å². The van der Waals surface area contributed by atoms with E-state index in [0.29, 0.717) is 25.9 Å². The third kappa shape index (κ3) is 2.97. The number of benzene rings is 1. The van der Waals surface area contributed by atoms with Crippen LogP contribution >= 0.6 is 0 Å². The fraction of sp³-hybridized carbons (Fsp3) is 0.409. The summed E-state index contributed by atoms with van der Waals surface area (Å²) in [5, 5.41) is 9.02. The molecular formula is C22H23N3O4. The maximum Gasteiger partial charge on any atom is 0.337 e. The van der Waals surface area contributed by atoms with Gasteiger partial charge in [0.25, 0.3) is 5.91 Å². The van der Waals surface area contributed by atoms with Crippen LogP contribution in [0, 0.1) is 0 Å². The Balaban J connectivity index is 1.30. The number of hydrogen-bond donors (Lipinski definition) is 1. The number of anilines is 1. The van der Waals surface area contributed by atoms with Gasteiger partial charge in [-0.1, -0.05) is 30.3 Å². The number of carbonyl (C=O) groups excluding carboxylic acids is 1. The Morgan fingerprint density at radius 2 is 1.86 bits per heavy atom. The van der Waals surface area contributed by atoms with Crippen molar-refractivity contribution in [1.82, 2.24) is 9.88 Å². The fourth-order valence-corrected chi connectivity index (χ4v) is 4.84. The lowest BCUT2D eigenvalue weighted by Gasteiger charge is -2.38. The van der Waals surface area contributed by atoms with Crippen molar-refractivity contribution in [2.45, 2.75) is 43.6 Å². The minimum Gasteiger partial charge on any atom is -0.478 e. The number of nitrogens with zero attached hydrogens (tertiary/aromatic N) is 3. The van der Waals surface area contributed by atoms with E-state index in [9.17, 15) is 9.59 Å². The number of hydrogen-bond acceptors (Lipinski definition) is 5. The molecule has 1 N–H and O–H groups in total. The Hall–Kier alpha value is -2.93. The van der Waals surface area contributed by atoms with Crippen LogP contribution < -0.4 is 4.90 Å². The molecule has 3 aliphatic rings. The van der Waals surface area contributed by atoms with Crippen molar-refractivity contribution in [2.75, 3.05) is 18.0 Å². The molecule has 0 bridgehead atoms. The highest BCUT2D eigenvalue weighted by Gasteiger charge is 2.57. The number of aromatic carboxylic acids is 1. The highest BCUT2D eigenvalue weighted by Crippen LogP contribution is 2.47. The fourth-order valence-electron chi connectivity index (χ4n) is 4.84. The number of carbonyl (C=O) groups is 2. The molecule has 0 saturated carbocycles. The predicted molar refractivity (Wildman–Crippen MR) is 106 cm³/mol. The molecule has 3 fully saturated rings. The van der Waals surface area contributed by atoms with Gasteiger partial charge in [-0.05, 0) is 30.5 Å². The lowest BCUT2D eigenvalue weighted by atomic mass is 9.89. The third-order valence-electron chi connectivity index (χ3n) is 6.39. The summed E-state index contributed by atoms with van der Waals surface area (Å²) in [4.78, 5) is 32.7.